The Morgan fingerprint density at radius 1 is 1.04 bits per heavy atom. The van der Waals surface area contributed by atoms with Crippen molar-refractivity contribution >= 4 is 34.1 Å². The molecule has 4 rings (SSSR count). The molecule has 4 aromatic rings. The van der Waals surface area contributed by atoms with Crippen LogP contribution >= 0.6 is 11.6 Å². The zero-order chi connectivity index (χ0) is 17.2. The van der Waals surface area contributed by atoms with Gasteiger partial charge in [-0.05, 0) is 30.3 Å². The van der Waals surface area contributed by atoms with Crippen LogP contribution in [0.15, 0.2) is 71.9 Å². The topological polar surface area (TPSA) is 72.7 Å². The second kappa shape index (κ2) is 6.33. The summed E-state index contributed by atoms with van der Waals surface area (Å²) in [6, 6.07) is 14.5. The average molecular weight is 350 g/mol. The largest absolute Gasteiger partial charge is 0.325 e. The van der Waals surface area contributed by atoms with E-state index in [1.807, 2.05) is 30.3 Å². The van der Waals surface area contributed by atoms with E-state index in [1.165, 1.54) is 17.0 Å². The molecule has 0 aliphatic carbocycles. The summed E-state index contributed by atoms with van der Waals surface area (Å²) in [4.78, 5) is 25.9. The van der Waals surface area contributed by atoms with Gasteiger partial charge in [-0.1, -0.05) is 29.8 Å². The van der Waals surface area contributed by atoms with Gasteiger partial charge < -0.3 is 5.32 Å². The quantitative estimate of drug-likeness (QED) is 0.612. The van der Waals surface area contributed by atoms with Gasteiger partial charge in [0.2, 0.25) is 5.95 Å². The first-order chi connectivity index (χ1) is 12.2. The van der Waals surface area contributed by atoms with Crippen molar-refractivity contribution in [2.24, 2.45) is 0 Å². The van der Waals surface area contributed by atoms with Gasteiger partial charge in [0.1, 0.15) is 0 Å². The Bertz CT molecular complexity index is 1100. The first-order valence-electron chi connectivity index (χ1n) is 7.53. The van der Waals surface area contributed by atoms with Gasteiger partial charge in [-0.25, -0.2) is 14.5 Å². The lowest BCUT2D eigenvalue weighted by Crippen LogP contribution is -2.23. The van der Waals surface area contributed by atoms with E-state index in [2.05, 4.69) is 20.3 Å². The summed E-state index contributed by atoms with van der Waals surface area (Å²) in [5.74, 6) is 0.729. The average Bonchev–Trinajstić information content (AvgIpc) is 2.64. The van der Waals surface area contributed by atoms with Crippen LogP contribution in [0.2, 0.25) is 5.02 Å². The summed E-state index contributed by atoms with van der Waals surface area (Å²) in [7, 11) is 0. The number of aromatic nitrogens is 4. The molecule has 0 saturated heterocycles. The number of hydrogen-bond acceptors (Lipinski definition) is 5. The Morgan fingerprint density at radius 3 is 2.64 bits per heavy atom. The van der Waals surface area contributed by atoms with E-state index in [-0.39, 0.29) is 5.56 Å². The molecule has 0 aliphatic rings. The van der Waals surface area contributed by atoms with Crippen molar-refractivity contribution in [3.63, 3.8) is 0 Å². The molecule has 1 N–H and O–H groups in total. The van der Waals surface area contributed by atoms with Gasteiger partial charge >= 0.3 is 0 Å². The van der Waals surface area contributed by atoms with Crippen molar-refractivity contribution in [1.29, 1.82) is 0 Å². The predicted octanol–water partition coefficient (Wildman–Crippen LogP) is 3.57. The molecule has 0 bridgehead atoms. The van der Waals surface area contributed by atoms with E-state index >= 15 is 0 Å². The molecule has 0 radical (unpaired) electrons. The van der Waals surface area contributed by atoms with E-state index in [9.17, 15) is 4.79 Å². The first kappa shape index (κ1) is 15.3. The highest BCUT2D eigenvalue weighted by molar-refractivity contribution is 6.31. The zero-order valence-corrected chi connectivity index (χ0v) is 13.7. The van der Waals surface area contributed by atoms with Gasteiger partial charge in [-0.3, -0.25) is 9.78 Å². The van der Waals surface area contributed by atoms with Crippen LogP contribution in [0, 0.1) is 0 Å². The molecule has 122 valence electrons. The molecule has 7 heteroatoms. The number of para-hydroxylation sites is 1. The maximum absolute atomic E-state index is 13.0. The third kappa shape index (κ3) is 2.95. The van der Waals surface area contributed by atoms with E-state index in [0.29, 0.717) is 27.7 Å². The van der Waals surface area contributed by atoms with E-state index in [4.69, 9.17) is 11.6 Å². The van der Waals surface area contributed by atoms with E-state index in [0.717, 1.165) is 5.69 Å². The standard InChI is InChI=1S/C18H12ClN5O/c19-12-6-7-15-14(10-12)17(25)24(16-11-20-8-9-21-16)18(23-15)22-13-4-2-1-3-5-13/h1-11H,(H,22,23). The lowest BCUT2D eigenvalue weighted by atomic mass is 10.2. The fraction of sp³-hybridized carbons (Fsp3) is 0. The fourth-order valence-electron chi connectivity index (χ4n) is 2.51. The summed E-state index contributed by atoms with van der Waals surface area (Å²) in [5, 5.41) is 4.06. The molecule has 0 fully saturated rings. The van der Waals surface area contributed by atoms with Crippen molar-refractivity contribution in [2.75, 3.05) is 5.32 Å². The molecule has 2 aromatic carbocycles. The molecule has 0 spiro atoms. The molecule has 2 heterocycles. The van der Waals surface area contributed by atoms with Crippen LogP contribution in [0.1, 0.15) is 0 Å². The summed E-state index contributed by atoms with van der Waals surface area (Å²) < 4.78 is 1.39. The molecular formula is C18H12ClN5O. The molecule has 25 heavy (non-hydrogen) atoms. The van der Waals surface area contributed by atoms with Gasteiger partial charge in [0.15, 0.2) is 5.82 Å². The first-order valence-corrected chi connectivity index (χ1v) is 7.91. The van der Waals surface area contributed by atoms with Crippen LogP contribution in [0.3, 0.4) is 0 Å². The summed E-state index contributed by atoms with van der Waals surface area (Å²) in [5.41, 5.74) is 1.08. The molecule has 6 nitrogen and oxygen atoms in total. The second-order valence-electron chi connectivity index (χ2n) is 5.29. The van der Waals surface area contributed by atoms with Gasteiger partial charge in [0, 0.05) is 23.1 Å². The monoisotopic (exact) mass is 349 g/mol. The van der Waals surface area contributed by atoms with E-state index < -0.39 is 0 Å². The number of anilines is 2. The molecule has 0 atom stereocenters. The Labute approximate surface area is 147 Å². The maximum Gasteiger partial charge on any atom is 0.268 e. The lowest BCUT2D eigenvalue weighted by Gasteiger charge is -2.14. The van der Waals surface area contributed by atoms with Crippen LogP contribution < -0.4 is 10.9 Å². The number of hydrogen-bond donors (Lipinski definition) is 1. The molecule has 0 saturated carbocycles. The van der Waals surface area contributed by atoms with Gasteiger partial charge in [-0.15, -0.1) is 0 Å². The highest BCUT2D eigenvalue weighted by Gasteiger charge is 2.14. The van der Waals surface area contributed by atoms with Crippen LogP contribution in [0.4, 0.5) is 11.6 Å². The van der Waals surface area contributed by atoms with Crippen molar-refractivity contribution in [3.8, 4) is 5.82 Å². The van der Waals surface area contributed by atoms with Crippen LogP contribution in [0.5, 0.6) is 0 Å². The van der Waals surface area contributed by atoms with E-state index in [1.54, 1.807) is 24.4 Å². The zero-order valence-electron chi connectivity index (χ0n) is 12.9. The minimum atomic E-state index is -0.272. The van der Waals surface area contributed by atoms with Crippen LogP contribution in [-0.2, 0) is 0 Å². The van der Waals surface area contributed by atoms with Crippen molar-refractivity contribution in [1.82, 2.24) is 19.5 Å². The van der Waals surface area contributed by atoms with Gasteiger partial charge in [0.05, 0.1) is 17.1 Å². The number of rotatable bonds is 3. The predicted molar refractivity (Wildman–Crippen MR) is 97.7 cm³/mol. The summed E-state index contributed by atoms with van der Waals surface area (Å²) in [6.45, 7) is 0. The molecule has 0 amide bonds. The molecule has 0 aliphatic heterocycles. The lowest BCUT2D eigenvalue weighted by molar-refractivity contribution is 0.917. The number of fused-ring (bicyclic) bond motifs is 1. The number of nitrogens with zero attached hydrogens (tertiary/aromatic N) is 4. The normalized spacial score (nSPS) is 10.8. The number of benzene rings is 2. The van der Waals surface area contributed by atoms with Crippen LogP contribution in [-0.4, -0.2) is 19.5 Å². The molecule has 2 aromatic heterocycles. The number of nitrogens with one attached hydrogen (secondary N) is 1. The van der Waals surface area contributed by atoms with Crippen molar-refractivity contribution in [3.05, 3.63) is 82.5 Å². The smallest absolute Gasteiger partial charge is 0.268 e. The van der Waals surface area contributed by atoms with Gasteiger partial charge in [-0.2, -0.15) is 0 Å². The SMILES string of the molecule is O=c1c2cc(Cl)ccc2nc(Nc2ccccc2)n1-c1cnccn1. The minimum absolute atomic E-state index is 0.272. The molecular weight excluding hydrogens is 338 g/mol. The van der Waals surface area contributed by atoms with Crippen molar-refractivity contribution in [2.45, 2.75) is 0 Å². The second-order valence-corrected chi connectivity index (χ2v) is 5.73. The van der Waals surface area contributed by atoms with Crippen molar-refractivity contribution < 1.29 is 0 Å². The molecule has 0 unspecified atom stereocenters. The number of halogens is 1. The third-order valence-electron chi connectivity index (χ3n) is 3.64. The summed E-state index contributed by atoms with van der Waals surface area (Å²) >= 11 is 6.04. The van der Waals surface area contributed by atoms with Crippen LogP contribution in [0.25, 0.3) is 16.7 Å². The summed E-state index contributed by atoms with van der Waals surface area (Å²) in [6.07, 6.45) is 4.58. The fourth-order valence-corrected chi connectivity index (χ4v) is 2.68. The minimum Gasteiger partial charge on any atom is -0.325 e. The highest BCUT2D eigenvalue weighted by Crippen LogP contribution is 2.21. The Hall–Kier alpha value is -3.25. The maximum atomic E-state index is 13.0. The Kier molecular flexibility index (Phi) is 3.87. The third-order valence-corrected chi connectivity index (χ3v) is 3.87. The highest BCUT2D eigenvalue weighted by atomic mass is 35.5. The Morgan fingerprint density at radius 2 is 1.88 bits per heavy atom. The Balaban J connectivity index is 1.99. The van der Waals surface area contributed by atoms with Gasteiger partial charge in [0.25, 0.3) is 5.56 Å².